The number of aryl methyl sites for hydroxylation is 1. The Labute approximate surface area is 175 Å². The summed E-state index contributed by atoms with van der Waals surface area (Å²) in [6, 6.07) is 9.35. The Morgan fingerprint density at radius 2 is 2.00 bits per heavy atom. The molecule has 0 aliphatic carbocycles. The standard InChI is InChI=1S/C19H16IN3O5/c1-11-6-14(23(25)26)4-5-16(11)22-19(24)13(10-21)7-12-8-15(20)18(28-3)17(9-12)27-2/h4-9H,1-3H3,(H,22,24). The van der Waals surface area contributed by atoms with Gasteiger partial charge in [0.05, 0.1) is 22.7 Å². The molecule has 0 aliphatic rings. The number of methoxy groups -OCH3 is 2. The summed E-state index contributed by atoms with van der Waals surface area (Å²) in [6.07, 6.45) is 1.43. The summed E-state index contributed by atoms with van der Waals surface area (Å²) >= 11 is 2.07. The molecule has 28 heavy (non-hydrogen) atoms. The number of hydrogen-bond acceptors (Lipinski definition) is 6. The zero-order valence-corrected chi connectivity index (χ0v) is 17.4. The molecule has 0 bridgehead atoms. The summed E-state index contributed by atoms with van der Waals surface area (Å²) in [7, 11) is 3.02. The van der Waals surface area contributed by atoms with Crippen molar-refractivity contribution in [3.8, 4) is 17.6 Å². The van der Waals surface area contributed by atoms with Crippen LogP contribution in [-0.2, 0) is 4.79 Å². The highest BCUT2D eigenvalue weighted by molar-refractivity contribution is 14.1. The second-order valence-electron chi connectivity index (χ2n) is 5.62. The van der Waals surface area contributed by atoms with Crippen molar-refractivity contribution in [1.29, 1.82) is 5.26 Å². The lowest BCUT2D eigenvalue weighted by molar-refractivity contribution is -0.384. The molecule has 0 saturated heterocycles. The highest BCUT2D eigenvalue weighted by Crippen LogP contribution is 2.34. The Bertz CT molecular complexity index is 1010. The van der Waals surface area contributed by atoms with Crippen LogP contribution in [0.4, 0.5) is 11.4 Å². The SMILES string of the molecule is COc1cc(C=C(C#N)C(=O)Nc2ccc([N+](=O)[O-])cc2C)cc(I)c1OC. The Morgan fingerprint density at radius 3 is 2.54 bits per heavy atom. The minimum Gasteiger partial charge on any atom is -0.493 e. The number of non-ortho nitro benzene ring substituents is 1. The second kappa shape index (κ2) is 9.18. The third-order valence-corrected chi connectivity index (χ3v) is 4.60. The predicted molar refractivity (Wildman–Crippen MR) is 112 cm³/mol. The maximum atomic E-state index is 12.5. The van der Waals surface area contributed by atoms with Gasteiger partial charge in [0.1, 0.15) is 11.6 Å². The molecule has 0 atom stereocenters. The second-order valence-corrected chi connectivity index (χ2v) is 6.78. The van der Waals surface area contributed by atoms with Gasteiger partial charge in [-0.25, -0.2) is 0 Å². The Morgan fingerprint density at radius 1 is 1.29 bits per heavy atom. The molecule has 1 amide bonds. The van der Waals surface area contributed by atoms with Crippen molar-refractivity contribution in [3.05, 3.63) is 60.7 Å². The molecule has 0 aliphatic heterocycles. The molecule has 2 aromatic carbocycles. The summed E-state index contributed by atoms with van der Waals surface area (Å²) in [6.45, 7) is 1.63. The highest BCUT2D eigenvalue weighted by atomic mass is 127. The first-order valence-corrected chi connectivity index (χ1v) is 8.98. The van der Waals surface area contributed by atoms with Crippen LogP contribution in [0, 0.1) is 31.9 Å². The van der Waals surface area contributed by atoms with Crippen molar-refractivity contribution in [3.63, 3.8) is 0 Å². The van der Waals surface area contributed by atoms with E-state index in [0.717, 1.165) is 3.57 Å². The van der Waals surface area contributed by atoms with E-state index in [-0.39, 0.29) is 11.3 Å². The number of nitro benzene ring substituents is 1. The van der Waals surface area contributed by atoms with E-state index in [4.69, 9.17) is 9.47 Å². The number of amides is 1. The summed E-state index contributed by atoms with van der Waals surface area (Å²) in [5.74, 6) is 0.415. The first kappa shape index (κ1) is 21.2. The number of halogens is 1. The number of nitrogens with zero attached hydrogens (tertiary/aromatic N) is 2. The molecule has 1 N–H and O–H groups in total. The summed E-state index contributed by atoms with van der Waals surface area (Å²) in [5.41, 5.74) is 1.29. The van der Waals surface area contributed by atoms with Crippen LogP contribution in [0.25, 0.3) is 6.08 Å². The van der Waals surface area contributed by atoms with Gasteiger partial charge in [0.15, 0.2) is 11.5 Å². The fourth-order valence-electron chi connectivity index (χ4n) is 2.43. The molecule has 2 aromatic rings. The van der Waals surface area contributed by atoms with Crippen LogP contribution < -0.4 is 14.8 Å². The minimum absolute atomic E-state index is 0.0774. The number of hydrogen-bond donors (Lipinski definition) is 1. The van der Waals surface area contributed by atoms with Gasteiger partial charge < -0.3 is 14.8 Å². The Hall–Kier alpha value is -3.13. The van der Waals surface area contributed by atoms with Crippen LogP contribution in [-0.4, -0.2) is 25.1 Å². The topological polar surface area (TPSA) is 114 Å². The molecule has 8 nitrogen and oxygen atoms in total. The number of benzene rings is 2. The molecule has 144 valence electrons. The molecule has 0 spiro atoms. The predicted octanol–water partition coefficient (Wildman–Crippen LogP) is 4.07. The van der Waals surface area contributed by atoms with E-state index >= 15 is 0 Å². The number of nitrogens with one attached hydrogen (secondary N) is 1. The number of carbonyl (C=O) groups is 1. The number of nitro groups is 1. The number of nitriles is 1. The first-order valence-electron chi connectivity index (χ1n) is 7.90. The van der Waals surface area contributed by atoms with Crippen molar-refractivity contribution in [2.24, 2.45) is 0 Å². The van der Waals surface area contributed by atoms with Crippen LogP contribution >= 0.6 is 22.6 Å². The summed E-state index contributed by atoms with van der Waals surface area (Å²) in [4.78, 5) is 22.8. The van der Waals surface area contributed by atoms with E-state index in [1.54, 1.807) is 19.1 Å². The van der Waals surface area contributed by atoms with Gasteiger partial charge in [0.25, 0.3) is 11.6 Å². The van der Waals surface area contributed by atoms with Gasteiger partial charge in [-0.05, 0) is 64.9 Å². The molecule has 2 rings (SSSR count). The van der Waals surface area contributed by atoms with E-state index in [2.05, 4.69) is 27.9 Å². The van der Waals surface area contributed by atoms with Gasteiger partial charge in [0, 0.05) is 17.8 Å². The maximum Gasteiger partial charge on any atom is 0.269 e. The van der Waals surface area contributed by atoms with Gasteiger partial charge in [-0.2, -0.15) is 5.26 Å². The Balaban J connectivity index is 2.33. The summed E-state index contributed by atoms with van der Waals surface area (Å²) < 4.78 is 11.3. The van der Waals surface area contributed by atoms with Crippen LogP contribution in [0.15, 0.2) is 35.9 Å². The molecule has 9 heteroatoms. The van der Waals surface area contributed by atoms with Crippen LogP contribution in [0.3, 0.4) is 0 Å². The van der Waals surface area contributed by atoms with Crippen molar-refractivity contribution in [2.75, 3.05) is 19.5 Å². The molecule has 0 heterocycles. The van der Waals surface area contributed by atoms with Gasteiger partial charge in [-0.1, -0.05) is 0 Å². The van der Waals surface area contributed by atoms with E-state index in [1.165, 1.54) is 38.5 Å². The van der Waals surface area contributed by atoms with Crippen molar-refractivity contribution >= 4 is 45.9 Å². The maximum absolute atomic E-state index is 12.5. The van der Waals surface area contributed by atoms with E-state index < -0.39 is 10.8 Å². The van der Waals surface area contributed by atoms with E-state index in [0.29, 0.717) is 28.3 Å². The zero-order valence-electron chi connectivity index (χ0n) is 15.3. The van der Waals surface area contributed by atoms with Crippen molar-refractivity contribution < 1.29 is 19.2 Å². The van der Waals surface area contributed by atoms with Crippen LogP contribution in [0.1, 0.15) is 11.1 Å². The molecule has 0 saturated carbocycles. The average Bonchev–Trinajstić information content (AvgIpc) is 2.66. The van der Waals surface area contributed by atoms with Gasteiger partial charge in [0.2, 0.25) is 0 Å². The van der Waals surface area contributed by atoms with E-state index in [9.17, 15) is 20.2 Å². The van der Waals surface area contributed by atoms with Gasteiger partial charge in [-0.3, -0.25) is 14.9 Å². The van der Waals surface area contributed by atoms with Crippen molar-refractivity contribution in [1.82, 2.24) is 0 Å². The van der Waals surface area contributed by atoms with Crippen LogP contribution in [0.5, 0.6) is 11.5 Å². The number of ether oxygens (including phenoxy) is 2. The third kappa shape index (κ3) is 4.77. The molecule has 0 unspecified atom stereocenters. The molecule has 0 aromatic heterocycles. The van der Waals surface area contributed by atoms with Crippen molar-refractivity contribution in [2.45, 2.75) is 6.92 Å². The number of rotatable bonds is 6. The quantitative estimate of drug-likeness (QED) is 0.213. The highest BCUT2D eigenvalue weighted by Gasteiger charge is 2.15. The third-order valence-electron chi connectivity index (χ3n) is 3.80. The van der Waals surface area contributed by atoms with E-state index in [1.807, 2.05) is 6.07 Å². The molecular formula is C19H16IN3O5. The lowest BCUT2D eigenvalue weighted by Crippen LogP contribution is -2.14. The lowest BCUT2D eigenvalue weighted by Gasteiger charge is -2.11. The molecule has 0 fully saturated rings. The summed E-state index contributed by atoms with van der Waals surface area (Å²) in [5, 5.41) is 22.8. The monoisotopic (exact) mass is 493 g/mol. The smallest absolute Gasteiger partial charge is 0.269 e. The molecular weight excluding hydrogens is 477 g/mol. The van der Waals surface area contributed by atoms with Crippen LogP contribution in [0.2, 0.25) is 0 Å². The number of carbonyl (C=O) groups excluding carboxylic acids is 1. The lowest BCUT2D eigenvalue weighted by atomic mass is 10.1. The zero-order chi connectivity index (χ0) is 20.8. The fraction of sp³-hybridized carbons (Fsp3) is 0.158. The van der Waals surface area contributed by atoms with Gasteiger partial charge >= 0.3 is 0 Å². The minimum atomic E-state index is -0.621. The molecule has 0 radical (unpaired) electrons. The largest absolute Gasteiger partial charge is 0.493 e. The van der Waals surface area contributed by atoms with Gasteiger partial charge in [-0.15, -0.1) is 0 Å². The average molecular weight is 493 g/mol. The first-order chi connectivity index (χ1) is 13.3. The normalized spacial score (nSPS) is 10.8. The number of anilines is 1. The Kier molecular flexibility index (Phi) is 6.94. The fourth-order valence-corrected chi connectivity index (χ4v) is 3.27.